The van der Waals surface area contributed by atoms with Gasteiger partial charge in [-0.1, -0.05) is 6.07 Å². The van der Waals surface area contributed by atoms with E-state index >= 15 is 0 Å². The van der Waals surface area contributed by atoms with Crippen LogP contribution in [0.15, 0.2) is 61.4 Å². The molecule has 0 saturated carbocycles. The molecular weight excluding hydrogens is 306 g/mol. The van der Waals surface area contributed by atoms with Gasteiger partial charge in [0.2, 0.25) is 0 Å². The van der Waals surface area contributed by atoms with E-state index in [2.05, 4.69) is 20.5 Å². The van der Waals surface area contributed by atoms with Gasteiger partial charge in [0.15, 0.2) is 0 Å². The predicted molar refractivity (Wildman–Crippen MR) is 88.0 cm³/mol. The van der Waals surface area contributed by atoms with Crippen LogP contribution in [0.2, 0.25) is 0 Å². The molecule has 0 radical (unpaired) electrons. The highest BCUT2D eigenvalue weighted by molar-refractivity contribution is 5.94. The van der Waals surface area contributed by atoms with E-state index in [0.29, 0.717) is 17.9 Å². The Balaban J connectivity index is 1.58. The molecule has 1 amide bonds. The number of hydrogen-bond donors (Lipinski definition) is 1. The molecule has 3 rings (SSSR count). The third-order valence-corrected chi connectivity index (χ3v) is 3.35. The van der Waals surface area contributed by atoms with Crippen molar-refractivity contribution in [1.29, 1.82) is 0 Å². The first-order valence-electron chi connectivity index (χ1n) is 7.52. The van der Waals surface area contributed by atoms with Crippen molar-refractivity contribution in [3.8, 4) is 11.4 Å². The maximum Gasteiger partial charge on any atom is 0.251 e. The summed E-state index contributed by atoms with van der Waals surface area (Å²) >= 11 is 0. The first kappa shape index (κ1) is 15.7. The van der Waals surface area contributed by atoms with E-state index in [-0.39, 0.29) is 12.0 Å². The number of aromatic nitrogens is 4. The predicted octanol–water partition coefficient (Wildman–Crippen LogP) is 1.86. The van der Waals surface area contributed by atoms with Crippen LogP contribution in [0.25, 0.3) is 5.69 Å². The summed E-state index contributed by atoms with van der Waals surface area (Å²) < 4.78 is 7.43. The van der Waals surface area contributed by atoms with Crippen LogP contribution < -0.4 is 10.1 Å². The Morgan fingerprint density at radius 3 is 2.83 bits per heavy atom. The first-order valence-corrected chi connectivity index (χ1v) is 7.52. The second-order valence-corrected chi connectivity index (χ2v) is 5.25. The van der Waals surface area contributed by atoms with Gasteiger partial charge in [-0.25, -0.2) is 0 Å². The summed E-state index contributed by atoms with van der Waals surface area (Å²) in [6.07, 6.45) is 6.32. The van der Waals surface area contributed by atoms with E-state index in [4.69, 9.17) is 4.74 Å². The second kappa shape index (κ2) is 7.36. The molecule has 3 aromatic rings. The minimum Gasteiger partial charge on any atom is -0.487 e. The fraction of sp³-hybridized carbons (Fsp3) is 0.176. The second-order valence-electron chi connectivity index (χ2n) is 5.25. The third-order valence-electron chi connectivity index (χ3n) is 3.35. The van der Waals surface area contributed by atoms with Gasteiger partial charge in [-0.15, -0.1) is 10.2 Å². The number of nitrogens with one attached hydrogen (secondary N) is 1. The number of carbonyl (C=O) groups is 1. The Morgan fingerprint density at radius 2 is 2.08 bits per heavy atom. The minimum absolute atomic E-state index is 0.161. The highest BCUT2D eigenvalue weighted by Gasteiger charge is 2.10. The molecule has 0 spiro atoms. The van der Waals surface area contributed by atoms with Crippen LogP contribution in [0.1, 0.15) is 17.3 Å². The van der Waals surface area contributed by atoms with Gasteiger partial charge < -0.3 is 10.1 Å². The van der Waals surface area contributed by atoms with Crippen molar-refractivity contribution in [2.45, 2.75) is 13.0 Å². The molecule has 0 saturated heterocycles. The Bertz CT molecular complexity index is 790. The molecule has 7 heteroatoms. The van der Waals surface area contributed by atoms with Gasteiger partial charge in [-0.3, -0.25) is 14.3 Å². The van der Waals surface area contributed by atoms with E-state index in [1.807, 2.05) is 25.1 Å². The van der Waals surface area contributed by atoms with Crippen molar-refractivity contribution in [1.82, 2.24) is 25.1 Å². The summed E-state index contributed by atoms with van der Waals surface area (Å²) in [6, 6.07) is 10.9. The lowest BCUT2D eigenvalue weighted by Crippen LogP contribution is -2.33. The lowest BCUT2D eigenvalue weighted by molar-refractivity contribution is 0.0932. The van der Waals surface area contributed by atoms with Gasteiger partial charge in [0, 0.05) is 17.4 Å². The van der Waals surface area contributed by atoms with E-state index < -0.39 is 0 Å². The molecule has 0 aliphatic carbocycles. The number of amides is 1. The standard InChI is InChI=1S/C17H17N5O2/c1-13(24-16-6-3-7-18-10-16)9-19-17(23)14-4-2-5-15(8-14)22-11-20-21-12-22/h2-8,10-13H,9H2,1H3,(H,19,23)/t13-/m1/s1. The number of pyridine rings is 1. The molecule has 1 aromatic carbocycles. The average molecular weight is 323 g/mol. The molecule has 2 aromatic heterocycles. The molecule has 7 nitrogen and oxygen atoms in total. The summed E-state index contributed by atoms with van der Waals surface area (Å²) in [7, 11) is 0. The zero-order valence-corrected chi connectivity index (χ0v) is 13.2. The van der Waals surface area contributed by atoms with Gasteiger partial charge in [0.25, 0.3) is 5.91 Å². The Hall–Kier alpha value is -3.22. The number of benzene rings is 1. The van der Waals surface area contributed by atoms with E-state index in [9.17, 15) is 4.79 Å². The maximum atomic E-state index is 12.3. The van der Waals surface area contributed by atoms with Crippen molar-refractivity contribution in [2.24, 2.45) is 0 Å². The number of rotatable bonds is 6. The van der Waals surface area contributed by atoms with Gasteiger partial charge in [-0.05, 0) is 37.3 Å². The number of nitrogens with zero attached hydrogens (tertiary/aromatic N) is 4. The Kier molecular flexibility index (Phi) is 4.81. The fourth-order valence-electron chi connectivity index (χ4n) is 2.17. The summed E-state index contributed by atoms with van der Waals surface area (Å²) in [4.78, 5) is 16.3. The molecule has 2 heterocycles. The quantitative estimate of drug-likeness (QED) is 0.749. The normalized spacial score (nSPS) is 11.7. The number of hydrogen-bond acceptors (Lipinski definition) is 5. The van der Waals surface area contributed by atoms with E-state index in [1.165, 1.54) is 0 Å². The highest BCUT2D eigenvalue weighted by atomic mass is 16.5. The van der Waals surface area contributed by atoms with Crippen LogP contribution in [0.5, 0.6) is 5.75 Å². The lowest BCUT2D eigenvalue weighted by atomic mass is 10.2. The SMILES string of the molecule is C[C@H](CNC(=O)c1cccc(-n2cnnc2)c1)Oc1cccnc1. The summed E-state index contributed by atoms with van der Waals surface area (Å²) in [5, 5.41) is 10.4. The molecule has 0 aliphatic heterocycles. The monoisotopic (exact) mass is 323 g/mol. The third kappa shape index (κ3) is 3.95. The first-order chi connectivity index (χ1) is 11.7. The molecule has 0 bridgehead atoms. The molecule has 0 aliphatic rings. The zero-order valence-electron chi connectivity index (χ0n) is 13.2. The topological polar surface area (TPSA) is 81.9 Å². The molecular formula is C17H17N5O2. The minimum atomic E-state index is -0.167. The largest absolute Gasteiger partial charge is 0.487 e. The van der Waals surface area contributed by atoms with Crippen LogP contribution in [0.3, 0.4) is 0 Å². The molecule has 1 N–H and O–H groups in total. The van der Waals surface area contributed by atoms with Crippen LogP contribution in [-0.4, -0.2) is 38.3 Å². The van der Waals surface area contributed by atoms with Crippen LogP contribution in [0, 0.1) is 0 Å². The molecule has 0 fully saturated rings. The van der Waals surface area contributed by atoms with Crippen LogP contribution in [0.4, 0.5) is 0 Å². The maximum absolute atomic E-state index is 12.3. The van der Waals surface area contributed by atoms with Crippen molar-refractivity contribution >= 4 is 5.91 Å². The zero-order chi connectivity index (χ0) is 16.8. The van der Waals surface area contributed by atoms with Crippen LogP contribution >= 0.6 is 0 Å². The summed E-state index contributed by atoms with van der Waals surface area (Å²) in [5.41, 5.74) is 1.39. The summed E-state index contributed by atoms with van der Waals surface area (Å²) in [5.74, 6) is 0.514. The Morgan fingerprint density at radius 1 is 1.25 bits per heavy atom. The average Bonchev–Trinajstić information content (AvgIpc) is 3.15. The van der Waals surface area contributed by atoms with Crippen molar-refractivity contribution in [3.05, 3.63) is 67.0 Å². The molecule has 1 atom stereocenters. The lowest BCUT2D eigenvalue weighted by Gasteiger charge is -2.15. The smallest absolute Gasteiger partial charge is 0.251 e. The van der Waals surface area contributed by atoms with Crippen LogP contribution in [-0.2, 0) is 0 Å². The van der Waals surface area contributed by atoms with Gasteiger partial charge >= 0.3 is 0 Å². The van der Waals surface area contributed by atoms with Crippen molar-refractivity contribution in [3.63, 3.8) is 0 Å². The van der Waals surface area contributed by atoms with E-state index in [1.54, 1.807) is 47.8 Å². The van der Waals surface area contributed by atoms with Crippen molar-refractivity contribution in [2.75, 3.05) is 6.54 Å². The number of carbonyl (C=O) groups excluding carboxylic acids is 1. The van der Waals surface area contributed by atoms with Crippen molar-refractivity contribution < 1.29 is 9.53 Å². The van der Waals surface area contributed by atoms with E-state index in [0.717, 1.165) is 5.69 Å². The molecule has 122 valence electrons. The fourth-order valence-corrected chi connectivity index (χ4v) is 2.17. The van der Waals surface area contributed by atoms with Gasteiger partial charge in [-0.2, -0.15) is 0 Å². The number of ether oxygens (including phenoxy) is 1. The molecule has 0 unspecified atom stereocenters. The van der Waals surface area contributed by atoms with Gasteiger partial charge in [0.05, 0.1) is 12.7 Å². The Labute approximate surface area is 139 Å². The van der Waals surface area contributed by atoms with Gasteiger partial charge in [0.1, 0.15) is 24.5 Å². The molecule has 24 heavy (non-hydrogen) atoms. The summed E-state index contributed by atoms with van der Waals surface area (Å²) in [6.45, 7) is 2.28. The highest BCUT2D eigenvalue weighted by Crippen LogP contribution is 2.11.